The lowest BCUT2D eigenvalue weighted by Crippen LogP contribution is -2.36. The van der Waals surface area contributed by atoms with Gasteiger partial charge >= 0.3 is 5.97 Å². The summed E-state index contributed by atoms with van der Waals surface area (Å²) >= 11 is 0. The Morgan fingerprint density at radius 2 is 1.52 bits per heavy atom. The fourth-order valence-electron chi connectivity index (χ4n) is 3.07. The van der Waals surface area contributed by atoms with Crippen LogP contribution < -0.4 is 10.6 Å². The predicted octanol–water partition coefficient (Wildman–Crippen LogP) is 3.25. The highest BCUT2D eigenvalue weighted by molar-refractivity contribution is 5.97. The molecule has 0 aliphatic heterocycles. The summed E-state index contributed by atoms with van der Waals surface area (Å²) in [5, 5.41) is 23.4. The number of nitriles is 1. The highest BCUT2D eigenvalue weighted by atomic mass is 16.4. The van der Waals surface area contributed by atoms with E-state index in [0.717, 1.165) is 25.7 Å². The second-order valence-corrected chi connectivity index (χ2v) is 6.70. The molecule has 0 unspecified atom stereocenters. The van der Waals surface area contributed by atoms with Gasteiger partial charge in [-0.15, -0.1) is 0 Å². The third kappa shape index (κ3) is 10.4. The minimum atomic E-state index is -0.919. The number of hydrogen-bond acceptors (Lipinski definition) is 4. The predicted molar refractivity (Wildman–Crippen MR) is 96.7 cm³/mol. The molecule has 6 nitrogen and oxygen atoms in total. The Hall–Kier alpha value is -2.03. The Balaban J connectivity index is 2.49. The number of carboxylic acid groups (broad SMARTS) is 1. The quantitative estimate of drug-likeness (QED) is 0.388. The molecule has 0 atom stereocenters. The first kappa shape index (κ1) is 21.0. The van der Waals surface area contributed by atoms with Crippen LogP contribution in [0.25, 0.3) is 0 Å². The van der Waals surface area contributed by atoms with Gasteiger partial charge in [-0.25, -0.2) is 0 Å². The molecule has 0 bridgehead atoms. The lowest BCUT2D eigenvalue weighted by Gasteiger charge is -2.19. The van der Waals surface area contributed by atoms with Crippen LogP contribution in [0.1, 0.15) is 77.0 Å². The van der Waals surface area contributed by atoms with E-state index in [-0.39, 0.29) is 30.5 Å². The van der Waals surface area contributed by atoms with E-state index in [9.17, 15) is 9.59 Å². The smallest absolute Gasteiger partial charge is 0.305 e. The molecule has 0 aromatic heterocycles. The maximum Gasteiger partial charge on any atom is 0.305 e. The molecule has 140 valence electrons. The largest absolute Gasteiger partial charge is 0.481 e. The van der Waals surface area contributed by atoms with E-state index in [1.807, 2.05) is 6.07 Å². The van der Waals surface area contributed by atoms with Gasteiger partial charge in [0.2, 0.25) is 0 Å². The summed E-state index contributed by atoms with van der Waals surface area (Å²) in [6.07, 6.45) is 14.2. The molecule has 0 radical (unpaired) electrons. The number of carbonyl (C=O) groups is 2. The number of hydrogen-bond donors (Lipinski definition) is 3. The number of aliphatic carboxylic acids is 1. The first-order valence-electron chi connectivity index (χ1n) is 9.50. The molecule has 6 heteroatoms. The molecular weight excluding hydrogens is 318 g/mol. The van der Waals surface area contributed by atoms with Crippen LogP contribution in [0.2, 0.25) is 0 Å². The summed E-state index contributed by atoms with van der Waals surface area (Å²) in [4.78, 5) is 22.8. The highest BCUT2D eigenvalue weighted by Gasteiger charge is 2.15. The molecule has 1 aliphatic rings. The van der Waals surface area contributed by atoms with Crippen LogP contribution in [0, 0.1) is 11.3 Å². The summed E-state index contributed by atoms with van der Waals surface area (Å²) in [5.41, 5.74) is -0.00324. The molecule has 0 saturated heterocycles. The lowest BCUT2D eigenvalue weighted by atomic mass is 9.98. The third-order valence-corrected chi connectivity index (χ3v) is 4.54. The number of amides is 1. The summed E-state index contributed by atoms with van der Waals surface area (Å²) in [5.74, 6) is -1.29. The summed E-state index contributed by atoms with van der Waals surface area (Å²) in [7, 11) is 0. The monoisotopic (exact) mass is 349 g/mol. The van der Waals surface area contributed by atoms with Crippen molar-refractivity contribution in [3.63, 3.8) is 0 Å². The van der Waals surface area contributed by atoms with Crippen LogP contribution in [0.3, 0.4) is 0 Å². The van der Waals surface area contributed by atoms with Crippen LogP contribution in [0.5, 0.6) is 0 Å². The summed E-state index contributed by atoms with van der Waals surface area (Å²) in [6.45, 7) is 0.192. The van der Waals surface area contributed by atoms with E-state index in [1.54, 1.807) is 0 Å². The average molecular weight is 349 g/mol. The van der Waals surface area contributed by atoms with E-state index in [4.69, 9.17) is 10.4 Å². The zero-order valence-corrected chi connectivity index (χ0v) is 15.1. The van der Waals surface area contributed by atoms with Gasteiger partial charge in [-0.2, -0.15) is 5.26 Å². The molecule has 0 aromatic carbocycles. The van der Waals surface area contributed by atoms with Crippen molar-refractivity contribution in [3.8, 4) is 6.07 Å². The van der Waals surface area contributed by atoms with Gasteiger partial charge in [-0.05, 0) is 12.8 Å². The van der Waals surface area contributed by atoms with Gasteiger partial charge in [0.1, 0.15) is 11.6 Å². The fraction of sp³-hybridized carbons (Fsp3) is 0.737. The van der Waals surface area contributed by atoms with Crippen molar-refractivity contribution in [1.82, 2.24) is 10.6 Å². The minimum absolute atomic E-state index is 0.00324. The molecule has 1 fully saturated rings. The Morgan fingerprint density at radius 3 is 2.00 bits per heavy atom. The molecule has 0 spiro atoms. The molecule has 1 rings (SSSR count). The highest BCUT2D eigenvalue weighted by Crippen LogP contribution is 2.17. The first-order valence-corrected chi connectivity index (χ1v) is 9.50. The fourth-order valence-corrected chi connectivity index (χ4v) is 3.07. The van der Waals surface area contributed by atoms with E-state index in [2.05, 4.69) is 10.6 Å². The molecule has 0 heterocycles. The molecule has 1 amide bonds. The van der Waals surface area contributed by atoms with Gasteiger partial charge in [0.15, 0.2) is 0 Å². The van der Waals surface area contributed by atoms with Crippen LogP contribution in [0.4, 0.5) is 0 Å². The first-order chi connectivity index (χ1) is 12.1. The van der Waals surface area contributed by atoms with Gasteiger partial charge in [0, 0.05) is 18.8 Å². The molecule has 0 aromatic rings. The van der Waals surface area contributed by atoms with Crippen LogP contribution >= 0.6 is 0 Å². The Labute approximate surface area is 150 Å². The van der Waals surface area contributed by atoms with Crippen molar-refractivity contribution >= 4 is 11.9 Å². The maximum absolute atomic E-state index is 12.3. The molecule has 1 aliphatic carbocycles. The summed E-state index contributed by atoms with van der Waals surface area (Å²) in [6, 6.07) is 2.00. The van der Waals surface area contributed by atoms with Crippen molar-refractivity contribution in [2.24, 2.45) is 0 Å². The van der Waals surface area contributed by atoms with E-state index >= 15 is 0 Å². The average Bonchev–Trinajstić information content (AvgIpc) is 2.57. The van der Waals surface area contributed by atoms with Gasteiger partial charge in [0.25, 0.3) is 5.91 Å². The molecule has 25 heavy (non-hydrogen) atoms. The number of carbonyl (C=O) groups excluding carboxylic acids is 1. The van der Waals surface area contributed by atoms with Crippen molar-refractivity contribution in [2.45, 2.75) is 83.1 Å². The molecule has 3 N–H and O–H groups in total. The molecule has 1 saturated carbocycles. The second kappa shape index (κ2) is 13.3. The topological polar surface area (TPSA) is 102 Å². The van der Waals surface area contributed by atoms with Crippen molar-refractivity contribution in [1.29, 1.82) is 5.26 Å². The van der Waals surface area contributed by atoms with Crippen LogP contribution in [-0.2, 0) is 9.59 Å². The SMILES string of the molecule is N#C/C(=C/NCCC(=O)O)C(=O)NC1CCCCCCCCCCC1. The Kier molecular flexibility index (Phi) is 11.2. The van der Waals surface area contributed by atoms with Gasteiger partial charge in [-0.1, -0.05) is 57.8 Å². The van der Waals surface area contributed by atoms with Crippen LogP contribution in [-0.4, -0.2) is 29.6 Å². The third-order valence-electron chi connectivity index (χ3n) is 4.54. The van der Waals surface area contributed by atoms with Gasteiger partial charge < -0.3 is 15.7 Å². The standard InChI is InChI=1S/C19H31N3O3/c20-14-16(15-21-13-12-18(23)24)19(25)22-17-10-8-6-4-2-1-3-5-7-9-11-17/h15,17,21H,1-13H2,(H,22,25)(H,23,24)/b16-15-. The number of nitrogens with zero attached hydrogens (tertiary/aromatic N) is 1. The summed E-state index contributed by atoms with van der Waals surface area (Å²) < 4.78 is 0. The van der Waals surface area contributed by atoms with E-state index in [0.29, 0.717) is 0 Å². The zero-order valence-electron chi connectivity index (χ0n) is 15.1. The Bertz CT molecular complexity index is 471. The van der Waals surface area contributed by atoms with Crippen molar-refractivity contribution in [2.75, 3.05) is 6.54 Å². The van der Waals surface area contributed by atoms with E-state index < -0.39 is 5.97 Å². The second-order valence-electron chi connectivity index (χ2n) is 6.70. The number of nitrogens with one attached hydrogen (secondary N) is 2. The number of rotatable bonds is 6. The van der Waals surface area contributed by atoms with Crippen molar-refractivity contribution in [3.05, 3.63) is 11.8 Å². The Morgan fingerprint density at radius 1 is 1.00 bits per heavy atom. The van der Waals surface area contributed by atoms with Gasteiger partial charge in [0.05, 0.1) is 6.42 Å². The zero-order chi connectivity index (χ0) is 18.3. The molecular formula is C19H31N3O3. The normalized spacial score (nSPS) is 18.3. The van der Waals surface area contributed by atoms with Crippen LogP contribution in [0.15, 0.2) is 11.8 Å². The maximum atomic E-state index is 12.3. The van der Waals surface area contributed by atoms with E-state index in [1.165, 1.54) is 51.1 Å². The van der Waals surface area contributed by atoms with Crippen molar-refractivity contribution < 1.29 is 14.7 Å². The lowest BCUT2D eigenvalue weighted by molar-refractivity contribution is -0.136. The van der Waals surface area contributed by atoms with Gasteiger partial charge in [-0.3, -0.25) is 9.59 Å². The number of carboxylic acids is 1. The minimum Gasteiger partial charge on any atom is -0.481 e.